The lowest BCUT2D eigenvalue weighted by atomic mass is 10.1. The number of carboxylic acid groups (broad SMARTS) is 1. The van der Waals surface area contributed by atoms with Crippen LogP contribution in [0.25, 0.3) is 0 Å². The molecule has 1 aliphatic rings. The molecule has 0 radical (unpaired) electrons. The summed E-state index contributed by atoms with van der Waals surface area (Å²) in [6.07, 6.45) is 0.755. The molecule has 0 bridgehead atoms. The number of anilines is 1. The summed E-state index contributed by atoms with van der Waals surface area (Å²) in [5.41, 5.74) is 2.11. The van der Waals surface area contributed by atoms with Gasteiger partial charge in [0.05, 0.1) is 11.7 Å². The van der Waals surface area contributed by atoms with Crippen LogP contribution in [0.3, 0.4) is 0 Å². The summed E-state index contributed by atoms with van der Waals surface area (Å²) in [7, 11) is 0. The monoisotopic (exact) mass is 221 g/mol. The minimum Gasteiger partial charge on any atom is -0.489 e. The van der Waals surface area contributed by atoms with Crippen molar-refractivity contribution in [2.24, 2.45) is 0 Å². The van der Waals surface area contributed by atoms with E-state index in [-0.39, 0.29) is 12.5 Å². The zero-order valence-corrected chi connectivity index (χ0v) is 9.19. The van der Waals surface area contributed by atoms with Crippen molar-refractivity contribution in [3.05, 3.63) is 23.8 Å². The maximum Gasteiger partial charge on any atom is 0.303 e. The number of carbonyl (C=O) groups is 1. The Morgan fingerprint density at radius 1 is 1.62 bits per heavy atom. The first-order valence-electron chi connectivity index (χ1n) is 5.37. The summed E-state index contributed by atoms with van der Waals surface area (Å²) in [4.78, 5) is 10.5. The van der Waals surface area contributed by atoms with Crippen LogP contribution >= 0.6 is 0 Å². The van der Waals surface area contributed by atoms with Gasteiger partial charge in [0, 0.05) is 6.42 Å². The topological polar surface area (TPSA) is 58.6 Å². The maximum absolute atomic E-state index is 10.5. The minimum atomic E-state index is -0.767. The molecule has 86 valence electrons. The number of hydrogen-bond acceptors (Lipinski definition) is 3. The molecule has 1 heterocycles. The summed E-state index contributed by atoms with van der Waals surface area (Å²) in [5.74, 6) is 0.0862. The van der Waals surface area contributed by atoms with Gasteiger partial charge in [0.25, 0.3) is 0 Å². The third-order valence-corrected chi connectivity index (χ3v) is 2.64. The zero-order valence-electron chi connectivity index (χ0n) is 9.19. The molecule has 2 rings (SSSR count). The molecule has 4 nitrogen and oxygen atoms in total. The summed E-state index contributed by atoms with van der Waals surface area (Å²) in [6.45, 7) is 2.55. The molecule has 0 spiro atoms. The number of fused-ring (bicyclic) bond motifs is 1. The molecule has 16 heavy (non-hydrogen) atoms. The van der Waals surface area contributed by atoms with Crippen LogP contribution in [-0.4, -0.2) is 23.7 Å². The highest BCUT2D eigenvalue weighted by molar-refractivity contribution is 5.67. The zero-order chi connectivity index (χ0) is 11.5. The number of ether oxygens (including phenoxy) is 1. The van der Waals surface area contributed by atoms with Crippen LogP contribution in [0.15, 0.2) is 18.2 Å². The number of rotatable bonds is 3. The second kappa shape index (κ2) is 4.43. The van der Waals surface area contributed by atoms with Crippen LogP contribution in [0.2, 0.25) is 0 Å². The Hall–Kier alpha value is -1.71. The van der Waals surface area contributed by atoms with Gasteiger partial charge in [-0.05, 0) is 31.0 Å². The van der Waals surface area contributed by atoms with E-state index < -0.39 is 5.97 Å². The predicted octanol–water partition coefficient (Wildman–Crippen LogP) is 2.03. The number of carboxylic acids is 1. The molecule has 0 fully saturated rings. The molecule has 2 N–H and O–H groups in total. The van der Waals surface area contributed by atoms with Crippen LogP contribution in [0.1, 0.15) is 18.4 Å². The number of aliphatic carboxylic acids is 1. The predicted molar refractivity (Wildman–Crippen MR) is 61.0 cm³/mol. The van der Waals surface area contributed by atoms with Crippen LogP contribution in [0.5, 0.6) is 5.75 Å². The van der Waals surface area contributed by atoms with E-state index in [2.05, 4.69) is 5.32 Å². The summed E-state index contributed by atoms with van der Waals surface area (Å²) in [6, 6.07) is 6.05. The third-order valence-electron chi connectivity index (χ3n) is 2.64. The number of nitrogens with one attached hydrogen (secondary N) is 1. The van der Waals surface area contributed by atoms with Crippen molar-refractivity contribution < 1.29 is 14.6 Å². The SMILES string of the molecule is Cc1ccc2c(c1)OCC(CCC(=O)O)N2. The summed E-state index contributed by atoms with van der Waals surface area (Å²) in [5, 5.41) is 11.9. The third kappa shape index (κ3) is 2.45. The van der Waals surface area contributed by atoms with E-state index in [0.717, 1.165) is 17.0 Å². The molecule has 0 saturated carbocycles. The average Bonchev–Trinajstić information content (AvgIpc) is 2.26. The highest BCUT2D eigenvalue weighted by atomic mass is 16.5. The first kappa shape index (κ1) is 10.8. The van der Waals surface area contributed by atoms with Gasteiger partial charge in [-0.3, -0.25) is 4.79 Å². The first-order valence-corrected chi connectivity index (χ1v) is 5.37. The molecule has 4 heteroatoms. The van der Waals surface area contributed by atoms with E-state index in [1.54, 1.807) is 0 Å². The molecule has 1 unspecified atom stereocenters. The normalized spacial score (nSPS) is 18.2. The van der Waals surface area contributed by atoms with Crippen molar-refractivity contribution in [2.75, 3.05) is 11.9 Å². The second-order valence-electron chi connectivity index (χ2n) is 4.08. The Bertz CT molecular complexity index is 403. The van der Waals surface area contributed by atoms with Crippen molar-refractivity contribution in [1.82, 2.24) is 0 Å². The number of benzene rings is 1. The lowest BCUT2D eigenvalue weighted by molar-refractivity contribution is -0.137. The molecule has 0 amide bonds. The van der Waals surface area contributed by atoms with Crippen molar-refractivity contribution in [2.45, 2.75) is 25.8 Å². The summed E-state index contributed by atoms with van der Waals surface area (Å²) >= 11 is 0. The molecule has 0 aromatic heterocycles. The van der Waals surface area contributed by atoms with Gasteiger partial charge in [0.1, 0.15) is 12.4 Å². The molecule has 1 aromatic carbocycles. The van der Waals surface area contributed by atoms with Crippen LogP contribution < -0.4 is 10.1 Å². The van der Waals surface area contributed by atoms with Crippen molar-refractivity contribution >= 4 is 11.7 Å². The van der Waals surface area contributed by atoms with Crippen LogP contribution in [-0.2, 0) is 4.79 Å². The lowest BCUT2D eigenvalue weighted by Crippen LogP contribution is -2.31. The van der Waals surface area contributed by atoms with Gasteiger partial charge in [-0.2, -0.15) is 0 Å². The quantitative estimate of drug-likeness (QED) is 0.820. The van der Waals surface area contributed by atoms with E-state index >= 15 is 0 Å². The Kier molecular flexibility index (Phi) is 2.99. The fraction of sp³-hybridized carbons (Fsp3) is 0.417. The minimum absolute atomic E-state index is 0.0892. The first-order chi connectivity index (χ1) is 7.65. The van der Waals surface area contributed by atoms with Crippen molar-refractivity contribution in [3.8, 4) is 5.75 Å². The lowest BCUT2D eigenvalue weighted by Gasteiger charge is -2.27. The van der Waals surface area contributed by atoms with E-state index in [1.807, 2.05) is 25.1 Å². The van der Waals surface area contributed by atoms with Gasteiger partial charge in [-0.15, -0.1) is 0 Å². The van der Waals surface area contributed by atoms with Crippen LogP contribution in [0.4, 0.5) is 5.69 Å². The van der Waals surface area contributed by atoms with E-state index in [0.29, 0.717) is 13.0 Å². The van der Waals surface area contributed by atoms with E-state index in [1.165, 1.54) is 0 Å². The molecular weight excluding hydrogens is 206 g/mol. The number of aryl methyl sites for hydroxylation is 1. The van der Waals surface area contributed by atoms with Gasteiger partial charge >= 0.3 is 5.97 Å². The van der Waals surface area contributed by atoms with Gasteiger partial charge < -0.3 is 15.2 Å². The smallest absolute Gasteiger partial charge is 0.303 e. The van der Waals surface area contributed by atoms with E-state index in [9.17, 15) is 4.79 Å². The second-order valence-corrected chi connectivity index (χ2v) is 4.08. The molecule has 1 aromatic rings. The van der Waals surface area contributed by atoms with Crippen molar-refractivity contribution in [3.63, 3.8) is 0 Å². The van der Waals surface area contributed by atoms with E-state index in [4.69, 9.17) is 9.84 Å². The van der Waals surface area contributed by atoms with Gasteiger partial charge in [-0.25, -0.2) is 0 Å². The molecule has 1 atom stereocenters. The van der Waals surface area contributed by atoms with Crippen molar-refractivity contribution in [1.29, 1.82) is 0 Å². The molecule has 0 saturated heterocycles. The number of hydrogen-bond donors (Lipinski definition) is 2. The fourth-order valence-corrected chi connectivity index (χ4v) is 1.77. The molecular formula is C12H15NO3. The maximum atomic E-state index is 10.5. The van der Waals surface area contributed by atoms with Gasteiger partial charge in [0.15, 0.2) is 0 Å². The molecule has 0 aliphatic carbocycles. The standard InChI is InChI=1S/C12H15NO3/c1-8-2-4-10-11(6-8)16-7-9(13-10)3-5-12(14)15/h2,4,6,9,13H,3,5,7H2,1H3,(H,14,15). The average molecular weight is 221 g/mol. The Balaban J connectivity index is 2.01. The summed E-state index contributed by atoms with van der Waals surface area (Å²) < 4.78 is 5.59. The Morgan fingerprint density at radius 3 is 3.19 bits per heavy atom. The Morgan fingerprint density at radius 2 is 2.44 bits per heavy atom. The van der Waals surface area contributed by atoms with Gasteiger partial charge in [-0.1, -0.05) is 6.07 Å². The molecule has 1 aliphatic heterocycles. The fourth-order valence-electron chi connectivity index (χ4n) is 1.77. The van der Waals surface area contributed by atoms with Gasteiger partial charge in [0.2, 0.25) is 0 Å². The highest BCUT2D eigenvalue weighted by Gasteiger charge is 2.19. The van der Waals surface area contributed by atoms with Crippen LogP contribution in [0, 0.1) is 6.92 Å². The highest BCUT2D eigenvalue weighted by Crippen LogP contribution is 2.30. The Labute approximate surface area is 94.2 Å². The largest absolute Gasteiger partial charge is 0.489 e.